The molecule has 0 N–H and O–H groups in total. The number of amides is 2. The van der Waals surface area contributed by atoms with Crippen LogP contribution in [0.5, 0.6) is 0 Å². The SMILES string of the molecule is COOCCOCCOCCOCCOCCOCCOCCOCCOCCOCCOCCOCCN1C(=O)c2ccccc2C1=O. The molecule has 1 aliphatic heterocycles. The molecule has 1 aromatic rings. The maximum Gasteiger partial charge on any atom is 0.261 e. The highest BCUT2D eigenvalue weighted by Gasteiger charge is 2.34. The highest BCUT2D eigenvalue weighted by Crippen LogP contribution is 2.21. The van der Waals surface area contributed by atoms with E-state index in [0.717, 1.165) is 0 Å². The Kier molecular flexibility index (Phi) is 27.9. The van der Waals surface area contributed by atoms with Crippen LogP contribution < -0.4 is 0 Å². The fourth-order valence-corrected chi connectivity index (χ4v) is 4.08. The molecule has 0 saturated carbocycles. The van der Waals surface area contributed by atoms with Crippen LogP contribution in [0.2, 0.25) is 0 Å². The molecule has 16 heteroatoms. The van der Waals surface area contributed by atoms with E-state index in [2.05, 4.69) is 9.78 Å². The number of carbonyl (C=O) groups is 2. The van der Waals surface area contributed by atoms with Crippen molar-refractivity contribution in [1.82, 2.24) is 4.90 Å². The molecule has 282 valence electrons. The van der Waals surface area contributed by atoms with Crippen molar-refractivity contribution in [3.05, 3.63) is 35.4 Å². The van der Waals surface area contributed by atoms with Crippen LogP contribution >= 0.6 is 0 Å². The summed E-state index contributed by atoms with van der Waals surface area (Å²) in [7, 11) is 1.46. The maximum atomic E-state index is 12.3. The number of imide groups is 1. The number of hydrogen-bond acceptors (Lipinski definition) is 15. The lowest BCUT2D eigenvalue weighted by molar-refractivity contribution is -0.277. The van der Waals surface area contributed by atoms with Crippen molar-refractivity contribution in [2.24, 2.45) is 0 Å². The Morgan fingerprint density at radius 3 is 0.898 bits per heavy atom. The zero-order valence-corrected chi connectivity index (χ0v) is 28.9. The highest BCUT2D eigenvalue weighted by molar-refractivity contribution is 6.21. The molecule has 0 bridgehead atoms. The molecule has 0 saturated heterocycles. The van der Waals surface area contributed by atoms with Crippen molar-refractivity contribution >= 4 is 11.8 Å². The Hall–Kier alpha value is -2.16. The summed E-state index contributed by atoms with van der Waals surface area (Å²) in [4.78, 5) is 34.9. The third kappa shape index (κ3) is 22.3. The van der Waals surface area contributed by atoms with E-state index in [-0.39, 0.29) is 25.0 Å². The van der Waals surface area contributed by atoms with Gasteiger partial charge in [0.1, 0.15) is 6.61 Å². The summed E-state index contributed by atoms with van der Waals surface area (Å²) in [6.45, 7) is 10.8. The quantitative estimate of drug-likeness (QED) is 0.0418. The van der Waals surface area contributed by atoms with E-state index in [9.17, 15) is 9.59 Å². The number of fused-ring (bicyclic) bond motifs is 1. The third-order valence-electron chi connectivity index (χ3n) is 6.49. The van der Waals surface area contributed by atoms with Crippen LogP contribution in [-0.4, -0.2) is 182 Å². The van der Waals surface area contributed by atoms with Crippen molar-refractivity contribution < 1.29 is 71.5 Å². The van der Waals surface area contributed by atoms with Gasteiger partial charge in [0.15, 0.2) is 0 Å². The van der Waals surface area contributed by atoms with Crippen LogP contribution in [0.4, 0.5) is 0 Å². The Morgan fingerprint density at radius 1 is 0.388 bits per heavy atom. The van der Waals surface area contributed by atoms with Gasteiger partial charge in [0.2, 0.25) is 0 Å². The van der Waals surface area contributed by atoms with Gasteiger partial charge in [-0.05, 0) is 12.1 Å². The summed E-state index contributed by atoms with van der Waals surface area (Å²) < 4.78 is 59.9. The van der Waals surface area contributed by atoms with E-state index in [1.54, 1.807) is 24.3 Å². The second-order valence-electron chi connectivity index (χ2n) is 10.0. The molecule has 1 aromatic carbocycles. The lowest BCUT2D eigenvalue weighted by Crippen LogP contribution is -2.33. The molecule has 0 aromatic heterocycles. The molecule has 0 atom stereocenters. The second-order valence-corrected chi connectivity index (χ2v) is 10.0. The predicted molar refractivity (Wildman–Crippen MR) is 174 cm³/mol. The molecule has 2 amide bonds. The molecule has 0 fully saturated rings. The van der Waals surface area contributed by atoms with Crippen molar-refractivity contribution in [2.75, 3.05) is 166 Å². The standard InChI is InChI=1S/C33H55NO15/c1-37-49-29-28-48-27-26-47-25-24-46-23-22-45-21-20-44-19-18-43-17-16-42-15-14-41-13-12-40-11-10-39-9-8-38-7-6-34-32(35)30-4-2-3-5-31(30)33(34)36/h2-5H,6-29H2,1H3. The van der Waals surface area contributed by atoms with Crippen LogP contribution in [0.3, 0.4) is 0 Å². The second kappa shape index (κ2) is 31.8. The van der Waals surface area contributed by atoms with Gasteiger partial charge in [-0.25, -0.2) is 9.78 Å². The monoisotopic (exact) mass is 705 g/mol. The molecular weight excluding hydrogens is 650 g/mol. The van der Waals surface area contributed by atoms with Gasteiger partial charge >= 0.3 is 0 Å². The normalized spacial score (nSPS) is 12.8. The summed E-state index contributed by atoms with van der Waals surface area (Å²) in [5.41, 5.74) is 0.881. The topological polar surface area (TPSA) is 157 Å². The van der Waals surface area contributed by atoms with Crippen LogP contribution in [0.15, 0.2) is 24.3 Å². The fraction of sp³-hybridized carbons (Fsp3) is 0.758. The zero-order chi connectivity index (χ0) is 34.9. The van der Waals surface area contributed by atoms with Crippen molar-refractivity contribution in [1.29, 1.82) is 0 Å². The number of benzene rings is 1. The molecule has 0 radical (unpaired) electrons. The smallest absolute Gasteiger partial charge is 0.261 e. The first-order chi connectivity index (χ1) is 24.3. The molecule has 0 spiro atoms. The Balaban J connectivity index is 1.17. The van der Waals surface area contributed by atoms with Gasteiger partial charge in [0.05, 0.1) is 170 Å². The van der Waals surface area contributed by atoms with Gasteiger partial charge in [0, 0.05) is 0 Å². The number of carbonyl (C=O) groups excluding carboxylic acids is 2. The molecule has 1 aliphatic rings. The van der Waals surface area contributed by atoms with Crippen molar-refractivity contribution in [2.45, 2.75) is 0 Å². The Labute approximate surface area is 289 Å². The molecule has 0 aliphatic carbocycles. The van der Waals surface area contributed by atoms with E-state index < -0.39 is 0 Å². The summed E-state index contributed by atoms with van der Waals surface area (Å²) in [5.74, 6) is -0.559. The average Bonchev–Trinajstić information content (AvgIpc) is 3.36. The van der Waals surface area contributed by atoms with E-state index in [4.69, 9.17) is 52.1 Å². The largest absolute Gasteiger partial charge is 0.377 e. The van der Waals surface area contributed by atoms with E-state index in [1.165, 1.54) is 12.0 Å². The molecular formula is C33H55NO15. The van der Waals surface area contributed by atoms with Gasteiger partial charge in [-0.3, -0.25) is 14.5 Å². The van der Waals surface area contributed by atoms with Gasteiger partial charge < -0.3 is 52.1 Å². The first-order valence-electron chi connectivity index (χ1n) is 16.7. The van der Waals surface area contributed by atoms with E-state index >= 15 is 0 Å². The Bertz CT molecular complexity index is 906. The Morgan fingerprint density at radius 2 is 0.633 bits per heavy atom. The minimum atomic E-state index is -0.279. The molecule has 1 heterocycles. The molecule has 0 unspecified atom stereocenters. The van der Waals surface area contributed by atoms with E-state index in [0.29, 0.717) is 156 Å². The van der Waals surface area contributed by atoms with Gasteiger partial charge in [-0.15, -0.1) is 0 Å². The van der Waals surface area contributed by atoms with Gasteiger partial charge in [-0.1, -0.05) is 12.1 Å². The van der Waals surface area contributed by atoms with Gasteiger partial charge in [0.25, 0.3) is 11.8 Å². The third-order valence-corrected chi connectivity index (χ3v) is 6.49. The minimum Gasteiger partial charge on any atom is -0.377 e. The van der Waals surface area contributed by atoms with E-state index in [1.807, 2.05) is 0 Å². The molecule has 49 heavy (non-hydrogen) atoms. The number of ether oxygens (including phenoxy) is 11. The minimum absolute atomic E-state index is 0.212. The number of rotatable bonds is 37. The lowest BCUT2D eigenvalue weighted by atomic mass is 10.1. The van der Waals surface area contributed by atoms with Gasteiger partial charge in [-0.2, -0.15) is 0 Å². The average molecular weight is 706 g/mol. The van der Waals surface area contributed by atoms with Crippen LogP contribution in [0.1, 0.15) is 20.7 Å². The summed E-state index contributed by atoms with van der Waals surface area (Å²) >= 11 is 0. The first-order valence-corrected chi connectivity index (χ1v) is 16.7. The number of hydrogen-bond donors (Lipinski definition) is 0. The van der Waals surface area contributed by atoms with Crippen LogP contribution in [0.25, 0.3) is 0 Å². The number of nitrogens with zero attached hydrogens (tertiary/aromatic N) is 1. The zero-order valence-electron chi connectivity index (χ0n) is 28.9. The maximum absolute atomic E-state index is 12.3. The molecule has 16 nitrogen and oxygen atoms in total. The van der Waals surface area contributed by atoms with Crippen LogP contribution in [-0.2, 0) is 61.9 Å². The summed E-state index contributed by atoms with van der Waals surface area (Å²) in [6, 6.07) is 6.81. The summed E-state index contributed by atoms with van der Waals surface area (Å²) in [6.07, 6.45) is 0. The fourth-order valence-electron chi connectivity index (χ4n) is 4.08. The lowest BCUT2D eigenvalue weighted by Gasteiger charge is -2.13. The predicted octanol–water partition coefficient (Wildman–Crippen LogP) is 1.04. The van der Waals surface area contributed by atoms with Crippen LogP contribution in [0, 0.1) is 0 Å². The molecule has 2 rings (SSSR count). The van der Waals surface area contributed by atoms with Crippen molar-refractivity contribution in [3.8, 4) is 0 Å². The highest BCUT2D eigenvalue weighted by atomic mass is 17.2. The summed E-state index contributed by atoms with van der Waals surface area (Å²) in [5, 5.41) is 0. The van der Waals surface area contributed by atoms with Crippen molar-refractivity contribution in [3.63, 3.8) is 0 Å². The first kappa shape index (κ1) is 43.0.